The van der Waals surface area contributed by atoms with Crippen molar-refractivity contribution in [2.75, 3.05) is 13.1 Å². The molecule has 1 fully saturated rings. The number of benzene rings is 3. The molecular weight excluding hydrogens is 378 g/mol. The summed E-state index contributed by atoms with van der Waals surface area (Å²) in [7, 11) is 0. The van der Waals surface area contributed by atoms with Gasteiger partial charge in [-0.2, -0.15) is 0 Å². The van der Waals surface area contributed by atoms with E-state index in [9.17, 15) is 5.11 Å². The quantitative estimate of drug-likeness (QED) is 0.449. The fourth-order valence-corrected chi connectivity index (χ4v) is 4.91. The number of hydrogen-bond donors (Lipinski definition) is 1. The molecule has 3 heteroatoms. The molecule has 152 valence electrons. The topological polar surface area (TPSA) is 23.5 Å². The van der Waals surface area contributed by atoms with Crippen molar-refractivity contribution >= 4 is 22.4 Å². The van der Waals surface area contributed by atoms with Crippen LogP contribution >= 0.6 is 11.6 Å². The summed E-state index contributed by atoms with van der Waals surface area (Å²) in [5.41, 5.74) is 1.51. The molecule has 29 heavy (non-hydrogen) atoms. The van der Waals surface area contributed by atoms with E-state index in [4.69, 9.17) is 11.6 Å². The van der Waals surface area contributed by atoms with Crippen LogP contribution < -0.4 is 0 Å². The normalized spacial score (nSPS) is 17.3. The summed E-state index contributed by atoms with van der Waals surface area (Å²) in [6.45, 7) is 1.96. The number of halogens is 1. The van der Waals surface area contributed by atoms with E-state index in [1.807, 2.05) is 30.3 Å². The summed E-state index contributed by atoms with van der Waals surface area (Å²) in [5, 5.41) is 14.9. The highest BCUT2D eigenvalue weighted by molar-refractivity contribution is 6.35. The predicted molar refractivity (Wildman–Crippen MR) is 122 cm³/mol. The fourth-order valence-electron chi connectivity index (χ4n) is 4.68. The molecule has 0 aliphatic carbocycles. The molecule has 0 bridgehead atoms. The first-order valence-corrected chi connectivity index (χ1v) is 11.3. The van der Waals surface area contributed by atoms with Crippen LogP contribution in [0.25, 0.3) is 10.8 Å². The third kappa shape index (κ3) is 4.50. The second-order valence-corrected chi connectivity index (χ2v) is 8.60. The first-order valence-electron chi connectivity index (χ1n) is 10.9. The first-order chi connectivity index (χ1) is 14.2. The molecule has 1 atom stereocenters. The van der Waals surface area contributed by atoms with E-state index in [2.05, 4.69) is 41.3 Å². The molecule has 1 aliphatic rings. The summed E-state index contributed by atoms with van der Waals surface area (Å²) < 4.78 is 0. The summed E-state index contributed by atoms with van der Waals surface area (Å²) >= 11 is 6.37. The van der Waals surface area contributed by atoms with E-state index in [1.165, 1.54) is 30.2 Å². The lowest BCUT2D eigenvalue weighted by atomic mass is 9.91. The van der Waals surface area contributed by atoms with Gasteiger partial charge in [0, 0.05) is 23.5 Å². The van der Waals surface area contributed by atoms with Crippen molar-refractivity contribution in [2.24, 2.45) is 0 Å². The van der Waals surface area contributed by atoms with Crippen LogP contribution in [0.5, 0.6) is 0 Å². The van der Waals surface area contributed by atoms with Crippen molar-refractivity contribution in [3.63, 3.8) is 0 Å². The molecule has 0 aromatic heterocycles. The molecule has 1 saturated heterocycles. The monoisotopic (exact) mass is 407 g/mol. The number of nitrogens with zero attached hydrogens (tertiary/aromatic N) is 1. The SMILES string of the molecule is OC(CCCCc1ccc(Cl)c2ccccc12)(c1ccccc1)N1CCCCC1. The van der Waals surface area contributed by atoms with E-state index in [0.29, 0.717) is 0 Å². The highest BCUT2D eigenvalue weighted by atomic mass is 35.5. The molecule has 1 N–H and O–H groups in total. The van der Waals surface area contributed by atoms with Crippen LogP contribution in [0.1, 0.15) is 49.7 Å². The molecule has 0 spiro atoms. The van der Waals surface area contributed by atoms with Crippen LogP contribution in [0, 0.1) is 0 Å². The van der Waals surface area contributed by atoms with E-state index < -0.39 is 5.72 Å². The highest BCUT2D eigenvalue weighted by Crippen LogP contribution is 2.34. The molecule has 1 unspecified atom stereocenters. The van der Waals surface area contributed by atoms with E-state index in [1.54, 1.807) is 0 Å². The Hall–Kier alpha value is -1.87. The Labute approximate surface area is 179 Å². The van der Waals surface area contributed by atoms with E-state index >= 15 is 0 Å². The molecule has 4 rings (SSSR count). The van der Waals surface area contributed by atoms with Gasteiger partial charge in [-0.1, -0.05) is 78.7 Å². The number of piperidine rings is 1. The number of hydrogen-bond acceptors (Lipinski definition) is 2. The first kappa shape index (κ1) is 20.4. The van der Waals surface area contributed by atoms with Gasteiger partial charge in [-0.05, 0) is 61.1 Å². The minimum Gasteiger partial charge on any atom is -0.371 e. The van der Waals surface area contributed by atoms with Crippen molar-refractivity contribution in [3.05, 3.63) is 82.9 Å². The van der Waals surface area contributed by atoms with Crippen LogP contribution in [0.3, 0.4) is 0 Å². The maximum absolute atomic E-state index is 11.7. The lowest BCUT2D eigenvalue weighted by molar-refractivity contribution is -0.131. The summed E-state index contributed by atoms with van der Waals surface area (Å²) in [6.07, 6.45) is 7.42. The minimum atomic E-state index is -0.857. The van der Waals surface area contributed by atoms with Crippen molar-refractivity contribution < 1.29 is 5.11 Å². The number of rotatable bonds is 7. The zero-order valence-electron chi connectivity index (χ0n) is 17.0. The number of likely N-dealkylation sites (tertiary alicyclic amines) is 1. The minimum absolute atomic E-state index is 0.766. The summed E-state index contributed by atoms with van der Waals surface area (Å²) in [6, 6.07) is 22.7. The molecule has 3 aromatic rings. The van der Waals surface area contributed by atoms with Gasteiger partial charge < -0.3 is 5.11 Å². The Morgan fingerprint density at radius 2 is 1.48 bits per heavy atom. The van der Waals surface area contributed by atoms with E-state index in [-0.39, 0.29) is 0 Å². The third-order valence-corrected chi connectivity index (χ3v) is 6.63. The Balaban J connectivity index is 1.46. The zero-order chi connectivity index (χ0) is 20.1. The molecule has 1 heterocycles. The van der Waals surface area contributed by atoms with Gasteiger partial charge in [0.05, 0.1) is 0 Å². The maximum Gasteiger partial charge on any atom is 0.144 e. The Bertz CT molecular complexity index is 936. The molecular formula is C26H30ClNO. The van der Waals surface area contributed by atoms with Gasteiger partial charge in [0.15, 0.2) is 0 Å². The summed E-state index contributed by atoms with van der Waals surface area (Å²) in [4.78, 5) is 2.30. The number of aliphatic hydroxyl groups is 1. The van der Waals surface area contributed by atoms with Gasteiger partial charge in [-0.25, -0.2) is 0 Å². The van der Waals surface area contributed by atoms with Crippen molar-refractivity contribution in [1.82, 2.24) is 4.90 Å². The lowest BCUT2D eigenvalue weighted by Crippen LogP contribution is -2.48. The van der Waals surface area contributed by atoms with Crippen LogP contribution in [0.4, 0.5) is 0 Å². The van der Waals surface area contributed by atoms with Gasteiger partial charge in [-0.3, -0.25) is 4.90 Å². The van der Waals surface area contributed by atoms with Crippen LogP contribution in [0.2, 0.25) is 5.02 Å². The number of fused-ring (bicyclic) bond motifs is 1. The predicted octanol–water partition coefficient (Wildman–Crippen LogP) is 6.54. The van der Waals surface area contributed by atoms with Crippen molar-refractivity contribution in [1.29, 1.82) is 0 Å². The second kappa shape index (κ2) is 9.30. The Kier molecular flexibility index (Phi) is 6.54. The van der Waals surface area contributed by atoms with Gasteiger partial charge in [0.2, 0.25) is 0 Å². The van der Waals surface area contributed by atoms with Crippen LogP contribution in [-0.4, -0.2) is 23.1 Å². The molecule has 1 aliphatic heterocycles. The molecule has 0 amide bonds. The smallest absolute Gasteiger partial charge is 0.144 e. The van der Waals surface area contributed by atoms with Gasteiger partial charge in [-0.15, -0.1) is 0 Å². The van der Waals surface area contributed by atoms with Crippen molar-refractivity contribution in [2.45, 2.75) is 50.7 Å². The molecule has 3 aromatic carbocycles. The summed E-state index contributed by atoms with van der Waals surface area (Å²) in [5.74, 6) is 0. The van der Waals surface area contributed by atoms with Crippen LogP contribution in [-0.2, 0) is 12.1 Å². The standard InChI is InChI=1S/C26H30ClNO/c27-25-17-16-21(23-14-5-6-15-24(23)25)11-7-8-18-26(29,22-12-3-1-4-13-22)28-19-9-2-10-20-28/h1,3-6,12-17,29H,2,7-11,18-20H2. The van der Waals surface area contributed by atoms with E-state index in [0.717, 1.165) is 54.7 Å². The largest absolute Gasteiger partial charge is 0.371 e. The fraction of sp³-hybridized carbons (Fsp3) is 0.385. The average molecular weight is 408 g/mol. The average Bonchev–Trinajstić information content (AvgIpc) is 2.79. The Morgan fingerprint density at radius 1 is 0.793 bits per heavy atom. The number of aryl methyl sites for hydroxylation is 1. The molecule has 2 nitrogen and oxygen atoms in total. The zero-order valence-corrected chi connectivity index (χ0v) is 17.7. The number of unbranched alkanes of at least 4 members (excludes halogenated alkanes) is 1. The van der Waals surface area contributed by atoms with Gasteiger partial charge in [0.25, 0.3) is 0 Å². The van der Waals surface area contributed by atoms with Crippen LogP contribution in [0.15, 0.2) is 66.7 Å². The Morgan fingerprint density at radius 3 is 2.24 bits per heavy atom. The third-order valence-electron chi connectivity index (χ3n) is 6.30. The second-order valence-electron chi connectivity index (χ2n) is 8.19. The van der Waals surface area contributed by atoms with Crippen molar-refractivity contribution in [3.8, 4) is 0 Å². The highest BCUT2D eigenvalue weighted by Gasteiger charge is 2.36. The maximum atomic E-state index is 11.7. The molecule has 0 radical (unpaired) electrons. The van der Waals surface area contributed by atoms with Gasteiger partial charge in [0.1, 0.15) is 5.72 Å². The molecule has 0 saturated carbocycles. The lowest BCUT2D eigenvalue weighted by Gasteiger charge is -2.42. The van der Waals surface area contributed by atoms with Gasteiger partial charge >= 0.3 is 0 Å².